The van der Waals surface area contributed by atoms with E-state index in [4.69, 9.17) is 4.74 Å². The Morgan fingerprint density at radius 3 is 2.59 bits per heavy atom. The first-order valence-electron chi connectivity index (χ1n) is 11.0. The Hall–Kier alpha value is -1.77. The normalized spacial score (nSPS) is 18.6. The lowest BCUT2D eigenvalue weighted by Crippen LogP contribution is -2.37. The molecular formula is C24H29BrFN3O2S. The molecule has 172 valence electrons. The minimum Gasteiger partial charge on any atom is -0.488 e. The number of carbonyl (C=O) groups excluding carboxylic acids is 1. The van der Waals surface area contributed by atoms with Gasteiger partial charge in [0.2, 0.25) is 0 Å². The number of nitrogens with zero attached hydrogens (tertiary/aromatic N) is 1. The Bertz CT molecular complexity index is 978. The summed E-state index contributed by atoms with van der Waals surface area (Å²) < 4.78 is 24.0. The molecule has 1 saturated heterocycles. The SMILES string of the molecule is CNc1c(OC2CCN(C)CC2)cc(NSc2ccc(F)cc2Br)cc1C1(C=O)CCC1. The van der Waals surface area contributed by atoms with E-state index in [1.54, 1.807) is 6.07 Å². The molecule has 0 bridgehead atoms. The van der Waals surface area contributed by atoms with Crippen LogP contribution in [0.1, 0.15) is 37.7 Å². The summed E-state index contributed by atoms with van der Waals surface area (Å²) in [6, 6.07) is 8.66. The van der Waals surface area contributed by atoms with Crippen LogP contribution in [-0.2, 0) is 10.2 Å². The fourth-order valence-corrected chi connectivity index (χ4v) is 5.61. The summed E-state index contributed by atoms with van der Waals surface area (Å²) in [7, 11) is 4.02. The van der Waals surface area contributed by atoms with Gasteiger partial charge in [-0.2, -0.15) is 0 Å². The standard InChI is InChI=1S/C24H29BrFN3O2S/c1-27-23-19(24(15-30)8-3-9-24)13-17(28-32-22-5-4-16(26)12-20(22)25)14-21(23)31-18-6-10-29(2)11-7-18/h4-5,12-15,18,27-28H,3,6-11H2,1-2H3. The first-order valence-corrected chi connectivity index (χ1v) is 12.6. The molecule has 0 atom stereocenters. The zero-order valence-corrected chi connectivity index (χ0v) is 20.8. The van der Waals surface area contributed by atoms with Gasteiger partial charge in [0.15, 0.2) is 0 Å². The number of aldehydes is 1. The van der Waals surface area contributed by atoms with Gasteiger partial charge in [-0.15, -0.1) is 0 Å². The third-order valence-corrected chi connectivity index (χ3v) is 8.32. The van der Waals surface area contributed by atoms with Crippen LogP contribution in [0.4, 0.5) is 15.8 Å². The molecule has 0 amide bonds. The molecule has 5 nitrogen and oxygen atoms in total. The molecule has 8 heteroatoms. The van der Waals surface area contributed by atoms with E-state index < -0.39 is 5.41 Å². The zero-order chi connectivity index (χ0) is 22.7. The Morgan fingerprint density at radius 1 is 1.25 bits per heavy atom. The van der Waals surface area contributed by atoms with Crippen molar-refractivity contribution in [2.45, 2.75) is 48.5 Å². The number of benzene rings is 2. The van der Waals surface area contributed by atoms with E-state index >= 15 is 0 Å². The molecule has 4 rings (SSSR count). The highest BCUT2D eigenvalue weighted by atomic mass is 79.9. The maximum Gasteiger partial charge on any atom is 0.145 e. The van der Waals surface area contributed by atoms with Gasteiger partial charge in [-0.3, -0.25) is 0 Å². The van der Waals surface area contributed by atoms with Crippen LogP contribution in [0.25, 0.3) is 0 Å². The van der Waals surface area contributed by atoms with Gasteiger partial charge in [-0.25, -0.2) is 4.39 Å². The Balaban J connectivity index is 1.65. The summed E-state index contributed by atoms with van der Waals surface area (Å²) in [5.41, 5.74) is 2.26. The largest absolute Gasteiger partial charge is 0.488 e. The summed E-state index contributed by atoms with van der Waals surface area (Å²) >= 11 is 4.82. The van der Waals surface area contributed by atoms with Crippen molar-refractivity contribution in [2.24, 2.45) is 0 Å². The van der Waals surface area contributed by atoms with Crippen LogP contribution in [0.3, 0.4) is 0 Å². The minimum absolute atomic E-state index is 0.147. The molecule has 1 aliphatic heterocycles. The first-order chi connectivity index (χ1) is 15.4. The number of likely N-dealkylation sites (tertiary alicyclic amines) is 1. The second kappa shape index (κ2) is 10.0. The van der Waals surface area contributed by atoms with Crippen molar-refractivity contribution >= 4 is 45.5 Å². The number of ether oxygens (including phenoxy) is 1. The second-order valence-corrected chi connectivity index (χ2v) is 10.4. The molecule has 1 aliphatic carbocycles. The highest BCUT2D eigenvalue weighted by Crippen LogP contribution is 2.49. The van der Waals surface area contributed by atoms with E-state index in [0.29, 0.717) is 4.47 Å². The number of hydrogen-bond acceptors (Lipinski definition) is 6. The number of hydrogen-bond donors (Lipinski definition) is 2. The molecule has 2 aliphatic rings. The molecule has 0 aromatic heterocycles. The van der Waals surface area contributed by atoms with Crippen LogP contribution >= 0.6 is 27.9 Å². The molecule has 2 aromatic rings. The molecule has 1 heterocycles. The van der Waals surface area contributed by atoms with E-state index in [1.165, 1.54) is 24.1 Å². The smallest absolute Gasteiger partial charge is 0.145 e. The second-order valence-electron chi connectivity index (χ2n) is 8.67. The van der Waals surface area contributed by atoms with Crippen molar-refractivity contribution in [3.05, 3.63) is 46.2 Å². The number of anilines is 2. The summed E-state index contributed by atoms with van der Waals surface area (Å²) in [6.45, 7) is 2.02. The topological polar surface area (TPSA) is 53.6 Å². The molecule has 0 unspecified atom stereocenters. The maximum absolute atomic E-state index is 13.4. The van der Waals surface area contributed by atoms with Crippen LogP contribution in [0, 0.1) is 5.82 Å². The van der Waals surface area contributed by atoms with Gasteiger partial charge in [-0.05, 0) is 90.4 Å². The van der Waals surface area contributed by atoms with Crippen LogP contribution in [0.15, 0.2) is 39.7 Å². The molecule has 2 N–H and O–H groups in total. The van der Waals surface area contributed by atoms with E-state index in [-0.39, 0.29) is 11.9 Å². The quantitative estimate of drug-likeness (QED) is 0.336. The third kappa shape index (κ3) is 4.92. The van der Waals surface area contributed by atoms with Crippen molar-refractivity contribution in [3.8, 4) is 5.75 Å². The van der Waals surface area contributed by atoms with E-state index in [2.05, 4.69) is 37.9 Å². The Kier molecular flexibility index (Phi) is 7.32. The van der Waals surface area contributed by atoms with E-state index in [0.717, 1.165) is 79.1 Å². The van der Waals surface area contributed by atoms with Crippen molar-refractivity contribution < 1.29 is 13.9 Å². The van der Waals surface area contributed by atoms with E-state index in [1.807, 2.05) is 19.2 Å². The molecule has 0 radical (unpaired) electrons. The molecule has 32 heavy (non-hydrogen) atoms. The summed E-state index contributed by atoms with van der Waals surface area (Å²) in [5, 5.41) is 3.31. The molecule has 2 aromatic carbocycles. The number of nitrogens with one attached hydrogen (secondary N) is 2. The van der Waals surface area contributed by atoms with Crippen LogP contribution < -0.4 is 14.8 Å². The fourth-order valence-electron chi connectivity index (χ4n) is 4.38. The first kappa shape index (κ1) is 23.4. The Labute approximate surface area is 201 Å². The van der Waals surface area contributed by atoms with Gasteiger partial charge in [0, 0.05) is 41.3 Å². The van der Waals surface area contributed by atoms with E-state index in [9.17, 15) is 9.18 Å². The fraction of sp³-hybridized carbons (Fsp3) is 0.458. The number of rotatable bonds is 8. The molecular weight excluding hydrogens is 493 g/mol. The van der Waals surface area contributed by atoms with Crippen LogP contribution in [-0.4, -0.2) is 44.5 Å². The average molecular weight is 522 g/mol. The van der Waals surface area contributed by atoms with Crippen LogP contribution in [0.5, 0.6) is 5.75 Å². The third-order valence-electron chi connectivity index (χ3n) is 6.49. The van der Waals surface area contributed by atoms with Crippen molar-refractivity contribution in [3.63, 3.8) is 0 Å². The lowest BCUT2D eigenvalue weighted by molar-refractivity contribution is -0.115. The molecule has 2 fully saturated rings. The number of carbonyl (C=O) groups is 1. The summed E-state index contributed by atoms with van der Waals surface area (Å²) in [5.74, 6) is 0.488. The Morgan fingerprint density at radius 2 is 2.00 bits per heavy atom. The van der Waals surface area contributed by atoms with Gasteiger partial charge < -0.3 is 24.5 Å². The minimum atomic E-state index is -0.470. The van der Waals surface area contributed by atoms with Gasteiger partial charge in [0.25, 0.3) is 0 Å². The number of piperidine rings is 1. The molecule has 1 saturated carbocycles. The van der Waals surface area contributed by atoms with Crippen molar-refractivity contribution in [1.29, 1.82) is 0 Å². The van der Waals surface area contributed by atoms with Crippen LogP contribution in [0.2, 0.25) is 0 Å². The van der Waals surface area contributed by atoms with Crippen molar-refractivity contribution in [1.82, 2.24) is 4.90 Å². The monoisotopic (exact) mass is 521 g/mol. The maximum atomic E-state index is 13.4. The summed E-state index contributed by atoms with van der Waals surface area (Å²) in [4.78, 5) is 15.3. The lowest BCUT2D eigenvalue weighted by Gasteiger charge is -2.39. The van der Waals surface area contributed by atoms with Gasteiger partial charge in [0.05, 0.1) is 11.1 Å². The molecule has 0 spiro atoms. The van der Waals surface area contributed by atoms with Gasteiger partial charge in [-0.1, -0.05) is 6.42 Å². The highest BCUT2D eigenvalue weighted by molar-refractivity contribution is 9.10. The van der Waals surface area contributed by atoms with Gasteiger partial charge in [0.1, 0.15) is 24.0 Å². The predicted molar refractivity (Wildman–Crippen MR) is 132 cm³/mol. The summed E-state index contributed by atoms with van der Waals surface area (Å²) in [6.07, 6.45) is 5.93. The zero-order valence-electron chi connectivity index (χ0n) is 18.4. The van der Waals surface area contributed by atoms with Gasteiger partial charge >= 0.3 is 0 Å². The lowest BCUT2D eigenvalue weighted by atomic mass is 9.65. The predicted octanol–water partition coefficient (Wildman–Crippen LogP) is 5.84. The van der Waals surface area contributed by atoms with Crippen molar-refractivity contribution in [2.75, 3.05) is 37.2 Å². The average Bonchev–Trinajstić information content (AvgIpc) is 2.74. The highest BCUT2D eigenvalue weighted by Gasteiger charge is 2.41. The number of halogens is 2.